The van der Waals surface area contributed by atoms with Crippen LogP contribution < -0.4 is 0 Å². The van der Waals surface area contributed by atoms with Crippen LogP contribution in [0.25, 0.3) is 0 Å². The van der Waals surface area contributed by atoms with Crippen molar-refractivity contribution in [2.24, 2.45) is 11.8 Å². The maximum Gasteiger partial charge on any atom is 0.199 e. The highest BCUT2D eigenvalue weighted by Crippen LogP contribution is 2.49. The van der Waals surface area contributed by atoms with E-state index >= 15 is 0 Å². The SMILES string of the molecule is CC(C1CCCCC1)C(C)(O)P(O)O. The minimum Gasteiger partial charge on any atom is -0.381 e. The van der Waals surface area contributed by atoms with Crippen LogP contribution in [0.15, 0.2) is 0 Å². The van der Waals surface area contributed by atoms with Crippen LogP contribution in [0.2, 0.25) is 0 Å². The van der Waals surface area contributed by atoms with Gasteiger partial charge in [-0.3, -0.25) is 0 Å². The van der Waals surface area contributed by atoms with Gasteiger partial charge in [-0.15, -0.1) is 0 Å². The molecule has 1 saturated carbocycles. The predicted octanol–water partition coefficient (Wildman–Crippen LogP) is 2.21. The van der Waals surface area contributed by atoms with Gasteiger partial charge in [-0.2, -0.15) is 0 Å². The molecule has 0 bridgehead atoms. The van der Waals surface area contributed by atoms with Crippen LogP contribution in [0.1, 0.15) is 46.0 Å². The van der Waals surface area contributed by atoms with E-state index in [1.165, 1.54) is 26.2 Å². The third-order valence-corrected chi connectivity index (χ3v) is 4.84. The van der Waals surface area contributed by atoms with Gasteiger partial charge in [0, 0.05) is 0 Å². The van der Waals surface area contributed by atoms with Crippen LogP contribution in [0, 0.1) is 11.8 Å². The molecule has 3 N–H and O–H groups in total. The molecular formula is C10H21O3P. The summed E-state index contributed by atoms with van der Waals surface area (Å²) in [6, 6.07) is 0. The fourth-order valence-electron chi connectivity index (χ4n) is 2.26. The molecule has 3 nitrogen and oxygen atoms in total. The molecule has 84 valence electrons. The van der Waals surface area contributed by atoms with Crippen molar-refractivity contribution in [1.82, 2.24) is 0 Å². The predicted molar refractivity (Wildman–Crippen MR) is 57.7 cm³/mol. The molecule has 0 aromatic heterocycles. The molecule has 0 aromatic carbocycles. The first kappa shape index (κ1) is 12.4. The molecule has 1 aliphatic rings. The zero-order valence-electron chi connectivity index (χ0n) is 8.98. The molecule has 2 atom stereocenters. The second kappa shape index (κ2) is 4.89. The average Bonchev–Trinajstić information content (AvgIpc) is 2.17. The Bertz CT molecular complexity index is 176. The van der Waals surface area contributed by atoms with Gasteiger partial charge < -0.3 is 14.9 Å². The first-order valence-corrected chi connectivity index (χ1v) is 6.61. The van der Waals surface area contributed by atoms with Crippen molar-refractivity contribution in [2.45, 2.75) is 51.3 Å². The average molecular weight is 220 g/mol. The molecule has 0 aromatic rings. The molecule has 0 saturated heterocycles. The van der Waals surface area contributed by atoms with Crippen LogP contribution in [0.5, 0.6) is 0 Å². The first-order valence-electron chi connectivity index (χ1n) is 5.36. The fraction of sp³-hybridized carbons (Fsp3) is 1.00. The lowest BCUT2D eigenvalue weighted by molar-refractivity contribution is 0.0327. The summed E-state index contributed by atoms with van der Waals surface area (Å²) < 4.78 is 0. The molecule has 0 spiro atoms. The summed E-state index contributed by atoms with van der Waals surface area (Å²) in [7, 11) is -2.25. The zero-order chi connectivity index (χ0) is 10.8. The van der Waals surface area contributed by atoms with Gasteiger partial charge in [-0.1, -0.05) is 39.0 Å². The van der Waals surface area contributed by atoms with Crippen LogP contribution in [-0.4, -0.2) is 20.2 Å². The highest BCUT2D eigenvalue weighted by atomic mass is 31.2. The normalized spacial score (nSPS) is 26.1. The van der Waals surface area contributed by atoms with Crippen molar-refractivity contribution in [3.8, 4) is 0 Å². The smallest absolute Gasteiger partial charge is 0.199 e. The van der Waals surface area contributed by atoms with E-state index < -0.39 is 13.7 Å². The van der Waals surface area contributed by atoms with E-state index in [0.29, 0.717) is 5.92 Å². The van der Waals surface area contributed by atoms with Gasteiger partial charge in [0.15, 0.2) is 8.38 Å². The minimum atomic E-state index is -2.25. The molecule has 0 heterocycles. The van der Waals surface area contributed by atoms with Gasteiger partial charge in [-0.05, 0) is 18.8 Å². The van der Waals surface area contributed by atoms with Crippen molar-refractivity contribution in [2.75, 3.05) is 0 Å². The van der Waals surface area contributed by atoms with Crippen LogP contribution in [0.3, 0.4) is 0 Å². The molecule has 1 aliphatic carbocycles. The molecule has 14 heavy (non-hydrogen) atoms. The molecule has 0 amide bonds. The standard InChI is InChI=1S/C10H21O3P/c1-8(10(2,11)14(12)13)9-6-4-3-5-7-9/h8-9,11-13H,3-7H2,1-2H3. The summed E-state index contributed by atoms with van der Waals surface area (Å²) >= 11 is 0. The molecule has 4 heteroatoms. The third-order valence-electron chi connectivity index (χ3n) is 3.62. The second-order valence-electron chi connectivity index (χ2n) is 4.57. The molecular weight excluding hydrogens is 199 g/mol. The molecule has 0 aliphatic heterocycles. The summed E-state index contributed by atoms with van der Waals surface area (Å²) in [6.45, 7) is 3.47. The Morgan fingerprint density at radius 3 is 2.14 bits per heavy atom. The summed E-state index contributed by atoms with van der Waals surface area (Å²) in [5, 5.41) is 8.63. The van der Waals surface area contributed by atoms with Gasteiger partial charge >= 0.3 is 0 Å². The summed E-state index contributed by atoms with van der Waals surface area (Å²) in [5.74, 6) is 0.423. The Labute approximate surface area is 87.1 Å². The summed E-state index contributed by atoms with van der Waals surface area (Å²) in [4.78, 5) is 18.3. The minimum absolute atomic E-state index is 0.0242. The maximum absolute atomic E-state index is 9.94. The lowest BCUT2D eigenvalue weighted by Gasteiger charge is -2.37. The highest BCUT2D eigenvalue weighted by Gasteiger charge is 2.40. The van der Waals surface area contributed by atoms with Crippen molar-refractivity contribution < 1.29 is 14.9 Å². The molecule has 1 fully saturated rings. The number of hydrogen-bond donors (Lipinski definition) is 3. The number of hydrogen-bond acceptors (Lipinski definition) is 3. The van der Waals surface area contributed by atoms with E-state index in [4.69, 9.17) is 9.79 Å². The van der Waals surface area contributed by atoms with E-state index in [1.54, 1.807) is 0 Å². The van der Waals surface area contributed by atoms with E-state index in [-0.39, 0.29) is 5.92 Å². The molecule has 1 rings (SSSR count). The second-order valence-corrected chi connectivity index (χ2v) is 6.05. The monoisotopic (exact) mass is 220 g/mol. The Balaban J connectivity index is 2.57. The fourth-order valence-corrected chi connectivity index (χ4v) is 2.84. The Morgan fingerprint density at radius 2 is 1.71 bits per heavy atom. The third kappa shape index (κ3) is 2.66. The van der Waals surface area contributed by atoms with Crippen LogP contribution in [-0.2, 0) is 0 Å². The van der Waals surface area contributed by atoms with E-state index in [0.717, 1.165) is 12.8 Å². The van der Waals surface area contributed by atoms with Gasteiger partial charge in [0.2, 0.25) is 0 Å². The Hall–Kier alpha value is 0.310. The lowest BCUT2D eigenvalue weighted by Crippen LogP contribution is -2.36. The number of aliphatic hydroxyl groups is 1. The lowest BCUT2D eigenvalue weighted by atomic mass is 9.78. The summed E-state index contributed by atoms with van der Waals surface area (Å²) in [6.07, 6.45) is 5.92. The zero-order valence-corrected chi connectivity index (χ0v) is 9.87. The van der Waals surface area contributed by atoms with E-state index in [9.17, 15) is 5.11 Å². The van der Waals surface area contributed by atoms with Crippen molar-refractivity contribution in [3.63, 3.8) is 0 Å². The van der Waals surface area contributed by atoms with Crippen molar-refractivity contribution in [3.05, 3.63) is 0 Å². The van der Waals surface area contributed by atoms with E-state index in [2.05, 4.69) is 0 Å². The van der Waals surface area contributed by atoms with Gasteiger partial charge in [-0.25, -0.2) is 0 Å². The van der Waals surface area contributed by atoms with Gasteiger partial charge in [0.25, 0.3) is 0 Å². The first-order chi connectivity index (χ1) is 6.46. The van der Waals surface area contributed by atoms with E-state index in [1.807, 2.05) is 6.92 Å². The maximum atomic E-state index is 9.94. The number of rotatable bonds is 3. The topological polar surface area (TPSA) is 60.7 Å². The largest absolute Gasteiger partial charge is 0.381 e. The summed E-state index contributed by atoms with van der Waals surface area (Å²) in [5.41, 5.74) is 0. The van der Waals surface area contributed by atoms with Crippen molar-refractivity contribution in [1.29, 1.82) is 0 Å². The van der Waals surface area contributed by atoms with Crippen LogP contribution >= 0.6 is 8.38 Å². The Morgan fingerprint density at radius 1 is 1.21 bits per heavy atom. The molecule has 2 unspecified atom stereocenters. The van der Waals surface area contributed by atoms with Gasteiger partial charge in [0.1, 0.15) is 5.34 Å². The Kier molecular flexibility index (Phi) is 4.32. The van der Waals surface area contributed by atoms with Gasteiger partial charge in [0.05, 0.1) is 0 Å². The highest BCUT2D eigenvalue weighted by molar-refractivity contribution is 7.46. The quantitative estimate of drug-likeness (QED) is 0.639. The van der Waals surface area contributed by atoms with Crippen molar-refractivity contribution >= 4 is 8.38 Å². The molecule has 0 radical (unpaired) electrons. The van der Waals surface area contributed by atoms with Crippen LogP contribution in [0.4, 0.5) is 0 Å².